The van der Waals surface area contributed by atoms with Crippen LogP contribution in [0.15, 0.2) is 78.9 Å². The van der Waals surface area contributed by atoms with E-state index in [1.165, 1.54) is 12.1 Å². The number of phenols is 1. The van der Waals surface area contributed by atoms with Gasteiger partial charge >= 0.3 is 0 Å². The van der Waals surface area contributed by atoms with Crippen molar-refractivity contribution >= 4 is 11.6 Å². The molecule has 2 N–H and O–H groups in total. The zero-order chi connectivity index (χ0) is 20.4. The number of benzene rings is 3. The number of aliphatic hydroxyl groups excluding tert-OH is 1. The van der Waals surface area contributed by atoms with E-state index in [9.17, 15) is 19.4 Å². The summed E-state index contributed by atoms with van der Waals surface area (Å²) in [6, 6.07) is 21.8. The highest BCUT2D eigenvalue weighted by Gasteiger charge is 2.52. The highest BCUT2D eigenvalue weighted by Crippen LogP contribution is 2.46. The van der Waals surface area contributed by atoms with Gasteiger partial charge in [-0.1, -0.05) is 42.5 Å². The maximum Gasteiger partial charge on any atom is 0.235 e. The first-order chi connectivity index (χ1) is 14.0. The second-order valence-corrected chi connectivity index (χ2v) is 7.34. The first-order valence-corrected chi connectivity index (χ1v) is 9.64. The molecule has 1 heterocycles. The number of phenolic OH excluding ortho intramolecular Hbond substituents is 1. The molecule has 3 atom stereocenters. The number of halogens is 1. The van der Waals surface area contributed by atoms with Crippen molar-refractivity contribution in [1.82, 2.24) is 0 Å². The average Bonchev–Trinajstić information content (AvgIpc) is 2.73. The number of aliphatic hydroxyl groups is 1. The van der Waals surface area contributed by atoms with Gasteiger partial charge in [-0.15, -0.1) is 0 Å². The van der Waals surface area contributed by atoms with Gasteiger partial charge in [0.05, 0.1) is 18.1 Å². The van der Waals surface area contributed by atoms with E-state index in [1.54, 1.807) is 41.3 Å². The summed E-state index contributed by atoms with van der Waals surface area (Å²) >= 11 is 0. The molecule has 0 radical (unpaired) electrons. The van der Waals surface area contributed by atoms with Gasteiger partial charge in [0, 0.05) is 5.69 Å². The SMILES string of the molecule is O=C1C([C@H](O)CCc2ccccc2)C(c2ccc(O)cc2)N1c1ccc(F)cc1. The van der Waals surface area contributed by atoms with Gasteiger partial charge in [0.25, 0.3) is 0 Å². The van der Waals surface area contributed by atoms with Gasteiger partial charge in [0.2, 0.25) is 5.91 Å². The fourth-order valence-electron chi connectivity index (χ4n) is 3.94. The third-order valence-corrected chi connectivity index (χ3v) is 5.47. The number of nitrogens with zero attached hydrogens (tertiary/aromatic N) is 1. The molecule has 5 heteroatoms. The lowest BCUT2D eigenvalue weighted by molar-refractivity contribution is -0.136. The monoisotopic (exact) mass is 391 g/mol. The molecule has 3 aromatic carbocycles. The molecular formula is C24H22FNO3. The van der Waals surface area contributed by atoms with Crippen molar-refractivity contribution in [1.29, 1.82) is 0 Å². The predicted octanol–water partition coefficient (Wildman–Crippen LogP) is 4.23. The summed E-state index contributed by atoms with van der Waals surface area (Å²) in [6.45, 7) is 0. The molecular weight excluding hydrogens is 369 g/mol. The number of aryl methyl sites for hydroxylation is 1. The zero-order valence-electron chi connectivity index (χ0n) is 15.8. The molecule has 0 saturated carbocycles. The number of carbonyl (C=O) groups excluding carboxylic acids is 1. The fraction of sp³-hybridized carbons (Fsp3) is 0.208. The summed E-state index contributed by atoms with van der Waals surface area (Å²) in [5, 5.41) is 20.4. The zero-order valence-corrected chi connectivity index (χ0v) is 15.8. The number of amides is 1. The Bertz CT molecular complexity index is 973. The smallest absolute Gasteiger partial charge is 0.235 e. The van der Waals surface area contributed by atoms with Crippen LogP contribution in [0.25, 0.3) is 0 Å². The molecule has 4 nitrogen and oxygen atoms in total. The molecule has 3 aromatic rings. The maximum atomic E-state index is 13.3. The predicted molar refractivity (Wildman–Crippen MR) is 109 cm³/mol. The van der Waals surface area contributed by atoms with Gasteiger partial charge < -0.3 is 15.1 Å². The van der Waals surface area contributed by atoms with E-state index >= 15 is 0 Å². The molecule has 29 heavy (non-hydrogen) atoms. The van der Waals surface area contributed by atoms with Crippen LogP contribution in [-0.2, 0) is 11.2 Å². The minimum atomic E-state index is -0.807. The third-order valence-electron chi connectivity index (χ3n) is 5.47. The van der Waals surface area contributed by atoms with Crippen LogP contribution in [0.1, 0.15) is 23.6 Å². The topological polar surface area (TPSA) is 60.8 Å². The van der Waals surface area contributed by atoms with Crippen LogP contribution in [-0.4, -0.2) is 22.2 Å². The van der Waals surface area contributed by atoms with E-state index in [1.807, 2.05) is 30.3 Å². The third kappa shape index (κ3) is 3.87. The molecule has 1 amide bonds. The Morgan fingerprint density at radius 1 is 0.931 bits per heavy atom. The lowest BCUT2D eigenvalue weighted by atomic mass is 9.76. The number of hydrogen-bond donors (Lipinski definition) is 2. The van der Waals surface area contributed by atoms with Crippen molar-refractivity contribution in [3.8, 4) is 5.75 Å². The molecule has 1 fully saturated rings. The van der Waals surface area contributed by atoms with E-state index in [0.717, 1.165) is 11.1 Å². The first kappa shape index (κ1) is 19.2. The molecule has 0 spiro atoms. The highest BCUT2D eigenvalue weighted by molar-refractivity contribution is 6.03. The Labute approximate surface area is 168 Å². The standard InChI is InChI=1S/C24H22FNO3/c25-18-9-11-19(12-10-18)26-23(17-7-13-20(27)14-8-17)22(24(26)29)21(28)15-6-16-4-2-1-3-5-16/h1-5,7-14,21-23,27-28H,6,15H2/t21-,22?,23?/m1/s1. The number of β-lactam (4-membered cyclic amide) rings is 1. The summed E-state index contributed by atoms with van der Waals surface area (Å²) < 4.78 is 13.3. The number of rotatable bonds is 6. The van der Waals surface area contributed by atoms with Crippen LogP contribution in [0.5, 0.6) is 5.75 Å². The molecule has 4 rings (SSSR count). The Morgan fingerprint density at radius 3 is 2.24 bits per heavy atom. The van der Waals surface area contributed by atoms with Gasteiger partial charge in [-0.3, -0.25) is 4.79 Å². The van der Waals surface area contributed by atoms with Gasteiger partial charge in [-0.2, -0.15) is 0 Å². The fourth-order valence-corrected chi connectivity index (χ4v) is 3.94. The Hall–Kier alpha value is -3.18. The average molecular weight is 391 g/mol. The summed E-state index contributed by atoms with van der Waals surface area (Å²) in [5.74, 6) is -1.01. The van der Waals surface area contributed by atoms with E-state index in [0.29, 0.717) is 18.5 Å². The molecule has 1 saturated heterocycles. The van der Waals surface area contributed by atoms with E-state index in [2.05, 4.69) is 0 Å². The van der Waals surface area contributed by atoms with Crippen molar-refractivity contribution < 1.29 is 19.4 Å². The minimum Gasteiger partial charge on any atom is -0.508 e. The van der Waals surface area contributed by atoms with Crippen molar-refractivity contribution in [3.63, 3.8) is 0 Å². The molecule has 0 aliphatic carbocycles. The van der Waals surface area contributed by atoms with Gasteiger partial charge in [0.15, 0.2) is 0 Å². The van der Waals surface area contributed by atoms with Gasteiger partial charge in [-0.05, 0) is 60.4 Å². The first-order valence-electron chi connectivity index (χ1n) is 9.64. The van der Waals surface area contributed by atoms with Crippen molar-refractivity contribution in [2.45, 2.75) is 25.0 Å². The lowest BCUT2D eigenvalue weighted by Crippen LogP contribution is -2.59. The number of carbonyl (C=O) groups is 1. The van der Waals surface area contributed by atoms with Crippen LogP contribution in [0, 0.1) is 11.7 Å². The van der Waals surface area contributed by atoms with Crippen LogP contribution in [0.3, 0.4) is 0 Å². The van der Waals surface area contributed by atoms with Crippen molar-refractivity contribution in [2.24, 2.45) is 5.92 Å². The lowest BCUT2D eigenvalue weighted by Gasteiger charge is -2.49. The van der Waals surface area contributed by atoms with Crippen LogP contribution < -0.4 is 4.90 Å². The van der Waals surface area contributed by atoms with Crippen molar-refractivity contribution in [3.05, 3.63) is 95.8 Å². The second kappa shape index (κ2) is 8.05. The number of anilines is 1. The Kier molecular flexibility index (Phi) is 5.32. The number of aromatic hydroxyl groups is 1. The van der Waals surface area contributed by atoms with E-state index < -0.39 is 12.0 Å². The molecule has 1 aliphatic rings. The van der Waals surface area contributed by atoms with Crippen LogP contribution in [0.2, 0.25) is 0 Å². The van der Waals surface area contributed by atoms with Crippen LogP contribution >= 0.6 is 0 Å². The Morgan fingerprint density at radius 2 is 1.59 bits per heavy atom. The normalized spacial score (nSPS) is 19.7. The highest BCUT2D eigenvalue weighted by atomic mass is 19.1. The summed E-state index contributed by atoms with van der Waals surface area (Å²) in [5.41, 5.74) is 2.51. The molecule has 1 aliphatic heterocycles. The van der Waals surface area contributed by atoms with Crippen LogP contribution in [0.4, 0.5) is 10.1 Å². The van der Waals surface area contributed by atoms with Crippen molar-refractivity contribution in [2.75, 3.05) is 4.90 Å². The van der Waals surface area contributed by atoms with Gasteiger partial charge in [0.1, 0.15) is 11.6 Å². The quantitative estimate of drug-likeness (QED) is 0.618. The second-order valence-electron chi connectivity index (χ2n) is 7.34. The molecule has 148 valence electrons. The summed E-state index contributed by atoms with van der Waals surface area (Å²) in [6.07, 6.45) is 0.329. The van der Waals surface area contributed by atoms with E-state index in [-0.39, 0.29) is 23.5 Å². The summed E-state index contributed by atoms with van der Waals surface area (Å²) in [7, 11) is 0. The molecule has 0 aromatic heterocycles. The maximum absolute atomic E-state index is 13.3. The molecule has 0 bridgehead atoms. The molecule has 2 unspecified atom stereocenters. The summed E-state index contributed by atoms with van der Waals surface area (Å²) in [4.78, 5) is 14.6. The number of hydrogen-bond acceptors (Lipinski definition) is 3. The minimum absolute atomic E-state index is 0.133. The van der Waals surface area contributed by atoms with E-state index in [4.69, 9.17) is 0 Å². The Balaban J connectivity index is 1.59. The van der Waals surface area contributed by atoms with Gasteiger partial charge in [-0.25, -0.2) is 4.39 Å². The largest absolute Gasteiger partial charge is 0.508 e.